The van der Waals surface area contributed by atoms with E-state index < -0.39 is 0 Å². The average Bonchev–Trinajstić information content (AvgIpc) is 2.50. The SMILES string of the molecule is CC(C)OC(=O)CCNc1n[n+](=O)c2cc(CO)ccc2n1O. The number of ether oxygens (including phenoxy) is 1. The zero-order valence-electron chi connectivity index (χ0n) is 12.9. The number of nitrogens with zero attached hydrogens (tertiary/aromatic N) is 3. The Morgan fingerprint density at radius 1 is 1.48 bits per heavy atom. The molecule has 0 saturated carbocycles. The largest absolute Gasteiger partial charge is 0.463 e. The highest BCUT2D eigenvalue weighted by molar-refractivity contribution is 5.73. The zero-order valence-corrected chi connectivity index (χ0v) is 12.9. The minimum atomic E-state index is -0.389. The number of carbonyl (C=O) groups is 1. The van der Waals surface area contributed by atoms with Crippen molar-refractivity contribution in [3.63, 3.8) is 0 Å². The number of nitrogens with one attached hydrogen (secondary N) is 1. The number of benzene rings is 1. The van der Waals surface area contributed by atoms with Gasteiger partial charge >= 0.3 is 17.4 Å². The molecule has 0 bridgehead atoms. The molecule has 3 N–H and O–H groups in total. The van der Waals surface area contributed by atoms with Crippen LogP contribution in [-0.2, 0) is 16.1 Å². The van der Waals surface area contributed by atoms with Crippen LogP contribution in [0.25, 0.3) is 11.0 Å². The first-order chi connectivity index (χ1) is 10.9. The van der Waals surface area contributed by atoms with Crippen molar-refractivity contribution in [2.75, 3.05) is 11.9 Å². The molecule has 124 valence electrons. The number of aliphatic hydroxyl groups excluding tert-OH is 1. The van der Waals surface area contributed by atoms with Crippen LogP contribution in [0.3, 0.4) is 0 Å². The van der Waals surface area contributed by atoms with E-state index in [1.165, 1.54) is 12.1 Å². The molecule has 0 atom stereocenters. The molecule has 0 radical (unpaired) electrons. The van der Waals surface area contributed by atoms with E-state index in [2.05, 4.69) is 10.4 Å². The van der Waals surface area contributed by atoms with Crippen molar-refractivity contribution in [2.24, 2.45) is 0 Å². The van der Waals surface area contributed by atoms with Gasteiger partial charge in [-0.15, -0.1) is 4.73 Å². The lowest BCUT2D eigenvalue weighted by Crippen LogP contribution is -2.27. The minimum absolute atomic E-state index is 0.0696. The van der Waals surface area contributed by atoms with Gasteiger partial charge in [-0.2, -0.15) is 0 Å². The van der Waals surface area contributed by atoms with Crippen LogP contribution >= 0.6 is 0 Å². The molecule has 9 heteroatoms. The van der Waals surface area contributed by atoms with Gasteiger partial charge in [0, 0.05) is 12.6 Å². The number of hydrogen-bond donors (Lipinski definition) is 3. The molecule has 1 aromatic heterocycles. The second-order valence-electron chi connectivity index (χ2n) is 5.20. The van der Waals surface area contributed by atoms with E-state index in [0.29, 0.717) is 10.1 Å². The summed E-state index contributed by atoms with van der Waals surface area (Å²) in [4.78, 5) is 23.4. The number of aliphatic hydroxyl groups is 1. The van der Waals surface area contributed by atoms with Crippen molar-refractivity contribution in [1.29, 1.82) is 0 Å². The van der Waals surface area contributed by atoms with Crippen LogP contribution < -0.4 is 9.86 Å². The Labute approximate surface area is 131 Å². The first kappa shape index (κ1) is 16.7. The van der Waals surface area contributed by atoms with Crippen LogP contribution in [-0.4, -0.2) is 38.8 Å². The predicted molar refractivity (Wildman–Crippen MR) is 80.5 cm³/mol. The van der Waals surface area contributed by atoms with Crippen molar-refractivity contribution >= 4 is 23.0 Å². The Kier molecular flexibility index (Phi) is 5.12. The highest BCUT2D eigenvalue weighted by Crippen LogP contribution is 2.14. The first-order valence-corrected chi connectivity index (χ1v) is 7.14. The predicted octanol–water partition coefficient (Wildman–Crippen LogP) is 0.434. The number of aromatic nitrogens is 3. The van der Waals surface area contributed by atoms with Crippen LogP contribution in [0.5, 0.6) is 0 Å². The Balaban J connectivity index is 2.17. The van der Waals surface area contributed by atoms with Crippen molar-refractivity contribution in [2.45, 2.75) is 33.0 Å². The summed E-state index contributed by atoms with van der Waals surface area (Å²) in [5, 5.41) is 25.6. The van der Waals surface area contributed by atoms with Crippen molar-refractivity contribution in [1.82, 2.24) is 9.83 Å². The Bertz CT molecular complexity index is 772. The number of anilines is 1. The summed E-state index contributed by atoms with van der Waals surface area (Å²) < 4.78 is 6.04. The molecule has 2 aromatic rings. The molecule has 0 aliphatic rings. The number of carbonyl (C=O) groups excluding carboxylic acids is 1. The lowest BCUT2D eigenvalue weighted by atomic mass is 10.2. The third kappa shape index (κ3) is 3.95. The standard InChI is InChI=1S/C14H19N4O5/c1-9(2)23-13(20)5-6-15-14-16-18(22)12-7-10(8-19)3-4-11(12)17(14)21/h3-4,7,9,19,21H,5-6,8H2,1-2H3,(H,15,16,22)/q+1. The van der Waals surface area contributed by atoms with Crippen molar-refractivity contribution in [3.8, 4) is 0 Å². The van der Waals surface area contributed by atoms with Gasteiger partial charge < -0.3 is 20.4 Å². The zero-order chi connectivity index (χ0) is 17.0. The van der Waals surface area contributed by atoms with Crippen LogP contribution in [0.15, 0.2) is 18.2 Å². The molecule has 0 unspecified atom stereocenters. The molecule has 0 saturated heterocycles. The second kappa shape index (κ2) is 7.05. The van der Waals surface area contributed by atoms with Crippen molar-refractivity contribution in [3.05, 3.63) is 28.7 Å². The molecule has 2 rings (SSSR count). The smallest absolute Gasteiger partial charge is 0.322 e. The van der Waals surface area contributed by atoms with E-state index in [0.717, 1.165) is 4.73 Å². The third-order valence-corrected chi connectivity index (χ3v) is 3.02. The fourth-order valence-electron chi connectivity index (χ4n) is 2.00. The van der Waals surface area contributed by atoms with Gasteiger partial charge in [-0.3, -0.25) is 4.79 Å². The molecule has 0 aliphatic carbocycles. The fourth-order valence-corrected chi connectivity index (χ4v) is 2.00. The summed E-state index contributed by atoms with van der Waals surface area (Å²) in [6.07, 6.45) is -0.131. The number of hydrogen-bond acceptors (Lipinski definition) is 7. The van der Waals surface area contributed by atoms with Gasteiger partial charge in [0.1, 0.15) is 0 Å². The molecule has 0 spiro atoms. The Hall–Kier alpha value is -2.68. The van der Waals surface area contributed by atoms with Crippen LogP contribution in [0.1, 0.15) is 25.8 Å². The Morgan fingerprint density at radius 2 is 2.22 bits per heavy atom. The average molecular weight is 323 g/mol. The maximum absolute atomic E-state index is 11.9. The summed E-state index contributed by atoms with van der Waals surface area (Å²) in [7, 11) is 0. The summed E-state index contributed by atoms with van der Waals surface area (Å²) in [5.41, 5.74) is 0.865. The monoisotopic (exact) mass is 323 g/mol. The molecule has 0 amide bonds. The fraction of sp³-hybridized carbons (Fsp3) is 0.429. The van der Waals surface area contributed by atoms with Crippen LogP contribution in [0.4, 0.5) is 5.95 Å². The number of rotatable bonds is 6. The Morgan fingerprint density at radius 3 is 2.87 bits per heavy atom. The van der Waals surface area contributed by atoms with E-state index in [1.807, 2.05) is 0 Å². The molecule has 9 nitrogen and oxygen atoms in total. The van der Waals surface area contributed by atoms with Gasteiger partial charge in [0.25, 0.3) is 0 Å². The lowest BCUT2D eigenvalue weighted by Gasteiger charge is -2.09. The van der Waals surface area contributed by atoms with E-state index in [-0.39, 0.29) is 48.6 Å². The molecular weight excluding hydrogens is 304 g/mol. The summed E-state index contributed by atoms with van der Waals surface area (Å²) >= 11 is 0. The van der Waals surface area contributed by atoms with E-state index >= 15 is 0 Å². The maximum atomic E-state index is 11.9. The number of esters is 1. The molecule has 23 heavy (non-hydrogen) atoms. The molecule has 1 heterocycles. The van der Waals surface area contributed by atoms with Gasteiger partial charge in [0.15, 0.2) is 10.1 Å². The maximum Gasteiger partial charge on any atom is 0.322 e. The highest BCUT2D eigenvalue weighted by atomic mass is 16.5. The van der Waals surface area contributed by atoms with E-state index in [1.54, 1.807) is 19.9 Å². The van der Waals surface area contributed by atoms with Crippen LogP contribution in [0.2, 0.25) is 0 Å². The second-order valence-corrected chi connectivity index (χ2v) is 5.20. The van der Waals surface area contributed by atoms with Gasteiger partial charge in [-0.1, -0.05) is 6.07 Å². The normalized spacial score (nSPS) is 11.0. The third-order valence-electron chi connectivity index (χ3n) is 3.02. The first-order valence-electron chi connectivity index (χ1n) is 7.14. The van der Waals surface area contributed by atoms with Gasteiger partial charge in [-0.05, 0) is 25.5 Å². The van der Waals surface area contributed by atoms with E-state index in [4.69, 9.17) is 9.84 Å². The number of fused-ring (bicyclic) bond motifs is 1. The molecule has 0 aliphatic heterocycles. The van der Waals surface area contributed by atoms with Crippen LogP contribution in [0, 0.1) is 4.91 Å². The minimum Gasteiger partial charge on any atom is -0.463 e. The topological polar surface area (TPSA) is 120 Å². The van der Waals surface area contributed by atoms with E-state index in [9.17, 15) is 14.9 Å². The van der Waals surface area contributed by atoms with Crippen molar-refractivity contribution < 1.29 is 24.4 Å². The quantitative estimate of drug-likeness (QED) is 0.401. The summed E-state index contributed by atoms with van der Waals surface area (Å²) in [6, 6.07) is 4.51. The molecule has 1 aromatic carbocycles. The molecule has 0 fully saturated rings. The molecular formula is C14H19N4O5+. The highest BCUT2D eigenvalue weighted by Gasteiger charge is 2.18. The summed E-state index contributed by atoms with van der Waals surface area (Å²) in [6.45, 7) is 3.43. The van der Waals surface area contributed by atoms with Gasteiger partial charge in [-0.25, -0.2) is 0 Å². The van der Waals surface area contributed by atoms with Gasteiger partial charge in [0.05, 0.1) is 29.1 Å². The van der Waals surface area contributed by atoms with Gasteiger partial charge in [0.2, 0.25) is 0 Å². The lowest BCUT2D eigenvalue weighted by molar-refractivity contribution is -0.535. The summed E-state index contributed by atoms with van der Waals surface area (Å²) in [5.74, 6) is -0.484.